The van der Waals surface area contributed by atoms with Crippen LogP contribution in [0, 0.1) is 6.92 Å². The number of anilines is 1. The number of amides is 1. The molecule has 0 unspecified atom stereocenters. The number of nitrogens with zero attached hydrogens (tertiary/aromatic N) is 2. The van der Waals surface area contributed by atoms with Crippen LogP contribution in [0.4, 0.5) is 5.00 Å². The summed E-state index contributed by atoms with van der Waals surface area (Å²) in [5.74, 6) is -1.78. The summed E-state index contributed by atoms with van der Waals surface area (Å²) in [6, 6.07) is 6.88. The van der Waals surface area contributed by atoms with Gasteiger partial charge < -0.3 is 14.8 Å². The lowest BCUT2D eigenvalue weighted by Gasteiger charge is -2.16. The molecule has 1 amide bonds. The highest BCUT2D eigenvalue weighted by Gasteiger charge is 2.27. The maximum atomic E-state index is 12.9. The Morgan fingerprint density at radius 3 is 2.45 bits per heavy atom. The van der Waals surface area contributed by atoms with E-state index in [9.17, 15) is 19.2 Å². The van der Waals surface area contributed by atoms with Crippen molar-refractivity contribution in [1.29, 1.82) is 0 Å². The van der Waals surface area contributed by atoms with Gasteiger partial charge in [0.15, 0.2) is 5.16 Å². The monoisotopic (exact) mass is 489 g/mol. The van der Waals surface area contributed by atoms with Crippen LogP contribution in [0.2, 0.25) is 0 Å². The van der Waals surface area contributed by atoms with Crippen molar-refractivity contribution >= 4 is 56.8 Å². The Kier molecular flexibility index (Phi) is 7.54. The molecule has 2 aromatic heterocycles. The van der Waals surface area contributed by atoms with Crippen molar-refractivity contribution in [3.05, 3.63) is 50.6 Å². The van der Waals surface area contributed by atoms with Gasteiger partial charge in [0, 0.05) is 6.04 Å². The minimum Gasteiger partial charge on any atom is -0.465 e. The fourth-order valence-electron chi connectivity index (χ4n) is 3.21. The highest BCUT2D eigenvalue weighted by atomic mass is 32.2. The third-order valence-corrected chi connectivity index (χ3v) is 6.92. The normalized spacial score (nSPS) is 11.0. The molecular formula is C22H23N3O6S2. The molecular weight excluding hydrogens is 466 g/mol. The largest absolute Gasteiger partial charge is 0.465 e. The smallest absolute Gasteiger partial charge is 0.348 e. The Hall–Kier alpha value is -3.18. The van der Waals surface area contributed by atoms with Gasteiger partial charge in [-0.15, -0.1) is 11.3 Å². The van der Waals surface area contributed by atoms with Gasteiger partial charge in [0.2, 0.25) is 5.91 Å². The van der Waals surface area contributed by atoms with Gasteiger partial charge in [0.1, 0.15) is 9.88 Å². The van der Waals surface area contributed by atoms with Gasteiger partial charge in [-0.05, 0) is 38.5 Å². The van der Waals surface area contributed by atoms with Crippen molar-refractivity contribution in [3.8, 4) is 0 Å². The summed E-state index contributed by atoms with van der Waals surface area (Å²) < 4.78 is 11.1. The first-order chi connectivity index (χ1) is 15.7. The predicted octanol–water partition coefficient (Wildman–Crippen LogP) is 3.65. The van der Waals surface area contributed by atoms with Crippen LogP contribution in [0.1, 0.15) is 45.5 Å². The fourth-order valence-corrected chi connectivity index (χ4v) is 5.27. The zero-order chi connectivity index (χ0) is 24.3. The van der Waals surface area contributed by atoms with E-state index >= 15 is 0 Å². The minimum absolute atomic E-state index is 0.0668. The van der Waals surface area contributed by atoms with Crippen molar-refractivity contribution in [1.82, 2.24) is 9.55 Å². The molecule has 33 heavy (non-hydrogen) atoms. The summed E-state index contributed by atoms with van der Waals surface area (Å²) in [6.07, 6.45) is 0. The number of aromatic nitrogens is 2. The number of hydrogen-bond acceptors (Lipinski definition) is 9. The van der Waals surface area contributed by atoms with Gasteiger partial charge in [-0.3, -0.25) is 14.2 Å². The second kappa shape index (κ2) is 10.2. The lowest BCUT2D eigenvalue weighted by atomic mass is 10.1. The van der Waals surface area contributed by atoms with E-state index in [1.807, 2.05) is 13.8 Å². The SMILES string of the molecule is COC(=O)c1sc(NC(=O)CSc2nc3ccccc3c(=O)n2C(C)C)c(C(=O)OC)c1C. The van der Waals surface area contributed by atoms with E-state index in [0.717, 1.165) is 23.1 Å². The third kappa shape index (κ3) is 4.93. The summed E-state index contributed by atoms with van der Waals surface area (Å²) in [5.41, 5.74) is 0.839. The Morgan fingerprint density at radius 2 is 1.82 bits per heavy atom. The third-order valence-electron chi connectivity index (χ3n) is 4.78. The molecule has 0 saturated heterocycles. The van der Waals surface area contributed by atoms with Gasteiger partial charge in [-0.1, -0.05) is 23.9 Å². The number of methoxy groups -OCH3 is 2. The van der Waals surface area contributed by atoms with E-state index in [1.54, 1.807) is 35.8 Å². The highest BCUT2D eigenvalue weighted by molar-refractivity contribution is 7.99. The topological polar surface area (TPSA) is 117 Å². The molecule has 3 aromatic rings. The second-order valence-electron chi connectivity index (χ2n) is 7.26. The van der Waals surface area contributed by atoms with E-state index in [1.165, 1.54) is 14.2 Å². The summed E-state index contributed by atoms with van der Waals surface area (Å²) >= 11 is 2.05. The van der Waals surface area contributed by atoms with Crippen LogP contribution < -0.4 is 10.9 Å². The highest BCUT2D eigenvalue weighted by Crippen LogP contribution is 2.34. The van der Waals surface area contributed by atoms with Crippen molar-refractivity contribution in [2.45, 2.75) is 32.0 Å². The molecule has 0 fully saturated rings. The number of esters is 2. The standard InChI is InChI=1S/C22H23N3O6S2/c1-11(2)25-19(27)13-8-6-7-9-14(13)23-22(25)32-10-15(26)24-18-16(20(28)30-4)12(3)17(33-18)21(29)31-5/h6-9,11H,10H2,1-5H3,(H,24,26). The van der Waals surface area contributed by atoms with Crippen LogP contribution in [0.25, 0.3) is 10.9 Å². The molecule has 0 bridgehead atoms. The Bertz CT molecular complexity index is 1300. The van der Waals surface area contributed by atoms with Gasteiger partial charge in [0.05, 0.1) is 36.4 Å². The predicted molar refractivity (Wildman–Crippen MR) is 127 cm³/mol. The molecule has 1 aromatic carbocycles. The van der Waals surface area contributed by atoms with Gasteiger partial charge >= 0.3 is 11.9 Å². The zero-order valence-corrected chi connectivity index (χ0v) is 20.4. The Morgan fingerprint density at radius 1 is 1.15 bits per heavy atom. The quantitative estimate of drug-likeness (QED) is 0.304. The van der Waals surface area contributed by atoms with Crippen LogP contribution in [-0.2, 0) is 14.3 Å². The molecule has 0 spiro atoms. The number of carbonyl (C=O) groups is 3. The van der Waals surface area contributed by atoms with Gasteiger partial charge in [0.25, 0.3) is 5.56 Å². The van der Waals surface area contributed by atoms with Crippen molar-refractivity contribution in [2.75, 3.05) is 25.3 Å². The van der Waals surface area contributed by atoms with E-state index in [2.05, 4.69) is 10.3 Å². The van der Waals surface area contributed by atoms with Crippen LogP contribution in [0.3, 0.4) is 0 Å². The van der Waals surface area contributed by atoms with Crippen molar-refractivity contribution < 1.29 is 23.9 Å². The fraction of sp³-hybridized carbons (Fsp3) is 0.318. The minimum atomic E-state index is -0.674. The molecule has 0 aliphatic carbocycles. The van der Waals surface area contributed by atoms with E-state index in [4.69, 9.17) is 9.47 Å². The van der Waals surface area contributed by atoms with Gasteiger partial charge in [-0.2, -0.15) is 0 Å². The summed E-state index contributed by atoms with van der Waals surface area (Å²) in [6.45, 7) is 5.32. The first kappa shape index (κ1) is 24.5. The molecule has 0 atom stereocenters. The maximum Gasteiger partial charge on any atom is 0.348 e. The maximum absolute atomic E-state index is 12.9. The molecule has 3 rings (SSSR count). The van der Waals surface area contributed by atoms with Crippen molar-refractivity contribution in [2.24, 2.45) is 0 Å². The van der Waals surface area contributed by atoms with Gasteiger partial charge in [-0.25, -0.2) is 14.6 Å². The first-order valence-corrected chi connectivity index (χ1v) is 11.7. The number of thioether (sulfide) groups is 1. The van der Waals surface area contributed by atoms with Crippen LogP contribution >= 0.6 is 23.1 Å². The number of nitrogens with one attached hydrogen (secondary N) is 1. The van der Waals surface area contributed by atoms with Crippen LogP contribution in [-0.4, -0.2) is 47.4 Å². The van der Waals surface area contributed by atoms with E-state index in [-0.39, 0.29) is 32.8 Å². The lowest BCUT2D eigenvalue weighted by Crippen LogP contribution is -2.25. The summed E-state index contributed by atoms with van der Waals surface area (Å²) in [5, 5.41) is 3.78. The zero-order valence-electron chi connectivity index (χ0n) is 18.8. The lowest BCUT2D eigenvalue weighted by molar-refractivity contribution is -0.113. The molecule has 0 aliphatic heterocycles. The number of para-hydroxylation sites is 1. The molecule has 0 aliphatic rings. The molecule has 2 heterocycles. The average molecular weight is 490 g/mol. The number of rotatable bonds is 7. The molecule has 11 heteroatoms. The Labute approximate surface area is 198 Å². The van der Waals surface area contributed by atoms with Crippen LogP contribution in [0.5, 0.6) is 0 Å². The molecule has 9 nitrogen and oxygen atoms in total. The number of thiophene rings is 1. The number of fused-ring (bicyclic) bond motifs is 1. The van der Waals surface area contributed by atoms with Crippen LogP contribution in [0.15, 0.2) is 34.2 Å². The molecule has 0 radical (unpaired) electrons. The summed E-state index contributed by atoms with van der Waals surface area (Å²) in [4.78, 5) is 54.7. The number of hydrogen-bond donors (Lipinski definition) is 1. The summed E-state index contributed by atoms with van der Waals surface area (Å²) in [7, 11) is 2.45. The number of benzene rings is 1. The van der Waals surface area contributed by atoms with E-state index in [0.29, 0.717) is 21.6 Å². The number of carbonyl (C=O) groups excluding carboxylic acids is 3. The molecule has 1 N–H and O–H groups in total. The molecule has 0 saturated carbocycles. The van der Waals surface area contributed by atoms with Crippen molar-refractivity contribution in [3.63, 3.8) is 0 Å². The number of ether oxygens (including phenoxy) is 2. The molecule has 174 valence electrons. The average Bonchev–Trinajstić information content (AvgIpc) is 3.11. The Balaban J connectivity index is 1.88. The van der Waals surface area contributed by atoms with E-state index < -0.39 is 17.8 Å². The second-order valence-corrected chi connectivity index (χ2v) is 9.22. The first-order valence-electron chi connectivity index (χ1n) is 9.93.